The Labute approximate surface area is 232 Å². The van der Waals surface area contributed by atoms with Crippen LogP contribution in [0.15, 0.2) is 75.5 Å². The number of nitrogens with two attached hydrogens (primary N) is 1. The van der Waals surface area contributed by atoms with Gasteiger partial charge >= 0.3 is 0 Å². The Morgan fingerprint density at radius 1 is 1.16 bits per heavy atom. The van der Waals surface area contributed by atoms with Crippen LogP contribution in [0.4, 0.5) is 10.8 Å². The van der Waals surface area contributed by atoms with E-state index in [1.54, 1.807) is 18.0 Å². The van der Waals surface area contributed by atoms with Crippen molar-refractivity contribution in [2.45, 2.75) is 34.8 Å². The molecule has 2 N–H and O–H groups in total. The van der Waals surface area contributed by atoms with Gasteiger partial charge in [0.05, 0.1) is 5.57 Å². The molecule has 2 aromatic carbocycles. The summed E-state index contributed by atoms with van der Waals surface area (Å²) < 4.78 is 0.692. The quantitative estimate of drug-likeness (QED) is 0.447. The monoisotopic (exact) mass is 560 g/mol. The van der Waals surface area contributed by atoms with Gasteiger partial charge in [0.25, 0.3) is 0 Å². The lowest BCUT2D eigenvalue weighted by Crippen LogP contribution is -2.52. The van der Waals surface area contributed by atoms with Crippen LogP contribution in [0.25, 0.3) is 0 Å². The van der Waals surface area contributed by atoms with Crippen LogP contribution < -0.4 is 15.5 Å². The van der Waals surface area contributed by atoms with Crippen LogP contribution in [0, 0.1) is 11.3 Å². The Kier molecular flexibility index (Phi) is 6.02. The van der Waals surface area contributed by atoms with Gasteiger partial charge in [-0.3, -0.25) is 14.5 Å². The van der Waals surface area contributed by atoms with Gasteiger partial charge < -0.3 is 10.6 Å². The van der Waals surface area contributed by atoms with Crippen molar-refractivity contribution in [1.82, 2.24) is 10.2 Å². The third-order valence-electron chi connectivity index (χ3n) is 7.20. The van der Waals surface area contributed by atoms with Gasteiger partial charge in [-0.25, -0.2) is 0 Å². The Balaban J connectivity index is 1.48. The first kappa shape index (κ1) is 24.7. The van der Waals surface area contributed by atoms with E-state index in [0.717, 1.165) is 5.56 Å². The number of benzene rings is 2. The Morgan fingerprint density at radius 2 is 1.92 bits per heavy atom. The van der Waals surface area contributed by atoms with E-state index in [4.69, 9.17) is 17.3 Å². The molecular formula is C27H21ClN6O2S2. The molecule has 190 valence electrons. The van der Waals surface area contributed by atoms with Crippen molar-refractivity contribution in [2.24, 2.45) is 5.73 Å². The normalized spacial score (nSPS) is 20.8. The fraction of sp³-hybridized carbons (Fsp3) is 0.222. The summed E-state index contributed by atoms with van der Waals surface area (Å²) in [5.41, 5.74) is 8.34. The first-order valence-corrected chi connectivity index (χ1v) is 14.1. The van der Waals surface area contributed by atoms with Gasteiger partial charge in [-0.1, -0.05) is 71.1 Å². The van der Waals surface area contributed by atoms with E-state index in [0.29, 0.717) is 62.0 Å². The van der Waals surface area contributed by atoms with Gasteiger partial charge in [0.1, 0.15) is 17.3 Å². The molecule has 1 spiro atoms. The number of hydrogen-bond donors (Lipinski definition) is 1. The number of rotatable bonds is 4. The van der Waals surface area contributed by atoms with Crippen LogP contribution in [0.5, 0.6) is 0 Å². The van der Waals surface area contributed by atoms with Crippen LogP contribution in [0.1, 0.15) is 30.4 Å². The molecule has 3 heterocycles. The summed E-state index contributed by atoms with van der Waals surface area (Å²) in [7, 11) is 1.66. The number of carbonyl (C=O) groups is 2. The maximum Gasteiger partial charge on any atom is 0.247 e. The Hall–Kier alpha value is -3.65. The largest absolute Gasteiger partial charge is 0.384 e. The van der Waals surface area contributed by atoms with E-state index in [9.17, 15) is 14.9 Å². The first-order chi connectivity index (χ1) is 18.4. The summed E-state index contributed by atoms with van der Waals surface area (Å²) >= 11 is 9.10. The lowest BCUT2D eigenvalue weighted by molar-refractivity contribution is -0.124. The number of carbonyl (C=O) groups excluding carboxylic acids is 2. The number of Topliss-reactive ketones (excluding diaryl/α,β-unsaturated/α-hetero) is 1. The van der Waals surface area contributed by atoms with Gasteiger partial charge in [0.2, 0.25) is 11.0 Å². The topological polar surface area (TPSA) is 116 Å². The van der Waals surface area contributed by atoms with Gasteiger partial charge in [0.15, 0.2) is 10.1 Å². The number of para-hydroxylation sites is 1. The van der Waals surface area contributed by atoms with Crippen LogP contribution in [-0.4, -0.2) is 28.9 Å². The number of fused-ring (bicyclic) bond motifs is 3. The van der Waals surface area contributed by atoms with Crippen LogP contribution >= 0.6 is 34.7 Å². The maximum absolute atomic E-state index is 14.0. The van der Waals surface area contributed by atoms with Gasteiger partial charge in [-0.05, 0) is 30.5 Å². The molecule has 1 amide bonds. The molecule has 6 rings (SSSR count). The van der Waals surface area contributed by atoms with E-state index < -0.39 is 5.41 Å². The molecule has 11 heteroatoms. The lowest BCUT2D eigenvalue weighted by atomic mass is 9.64. The highest BCUT2D eigenvalue weighted by Crippen LogP contribution is 2.56. The number of halogens is 1. The molecule has 3 aromatic rings. The van der Waals surface area contributed by atoms with E-state index in [-0.39, 0.29) is 23.1 Å². The maximum atomic E-state index is 14.0. The van der Waals surface area contributed by atoms with Crippen molar-refractivity contribution < 1.29 is 9.59 Å². The van der Waals surface area contributed by atoms with Crippen molar-refractivity contribution in [3.63, 3.8) is 0 Å². The molecule has 1 aromatic heterocycles. The van der Waals surface area contributed by atoms with Crippen molar-refractivity contribution in [3.05, 3.63) is 87.3 Å². The highest BCUT2D eigenvalue weighted by atomic mass is 35.5. The zero-order valence-electron chi connectivity index (χ0n) is 20.3. The fourth-order valence-corrected chi connectivity index (χ4v) is 7.73. The molecule has 2 aliphatic heterocycles. The molecule has 0 bridgehead atoms. The standard InChI is InChI=1S/C27H21ClN6O2S2/c1-33-19-10-5-3-8-16(19)27(24(33)36)17(13-29)23(30)34(20-11-6-12-21(35)22(20)27)25-31-32-26(38-25)37-14-15-7-2-4-9-18(15)28/h2-5,7-10H,6,11-12,14,30H2,1H3/t27-/m1/s1. The summed E-state index contributed by atoms with van der Waals surface area (Å²) in [6.07, 6.45) is 1.42. The number of nitriles is 1. The third-order valence-corrected chi connectivity index (χ3v) is 9.66. The molecule has 0 radical (unpaired) electrons. The zero-order chi connectivity index (χ0) is 26.6. The first-order valence-electron chi connectivity index (χ1n) is 11.9. The fourth-order valence-electron chi connectivity index (χ4n) is 5.56. The summed E-state index contributed by atoms with van der Waals surface area (Å²) in [6, 6.07) is 17.1. The van der Waals surface area contributed by atoms with E-state index in [1.165, 1.54) is 28.0 Å². The van der Waals surface area contributed by atoms with Crippen molar-refractivity contribution in [2.75, 3.05) is 16.8 Å². The molecule has 3 aliphatic rings. The number of anilines is 2. The number of thioether (sulfide) groups is 1. The second kappa shape index (κ2) is 9.27. The predicted molar refractivity (Wildman–Crippen MR) is 148 cm³/mol. The Morgan fingerprint density at radius 3 is 2.71 bits per heavy atom. The van der Waals surface area contributed by atoms with Gasteiger partial charge in [-0.2, -0.15) is 5.26 Å². The number of nitrogens with zero attached hydrogens (tertiary/aromatic N) is 5. The Bertz CT molecular complexity index is 1620. The summed E-state index contributed by atoms with van der Waals surface area (Å²) in [5.74, 6) is 0.191. The number of likely N-dealkylation sites (N-methyl/N-ethyl adjacent to an activating group) is 1. The molecule has 0 saturated carbocycles. The highest BCUT2D eigenvalue weighted by molar-refractivity contribution is 8.00. The minimum absolute atomic E-state index is 0.0359. The second-order valence-corrected chi connectivity index (χ2v) is 11.8. The SMILES string of the molecule is CN1C(=O)[C@@]2(C(C#N)=C(N)N(c3nnc(SCc4ccccc4Cl)s3)C3=C2C(=O)CCC3)c2ccccc21. The summed E-state index contributed by atoms with van der Waals surface area (Å²) in [5, 5.41) is 20.3. The average Bonchev–Trinajstić information content (AvgIpc) is 3.47. The minimum Gasteiger partial charge on any atom is -0.384 e. The number of hydrogen-bond acceptors (Lipinski definition) is 9. The predicted octanol–water partition coefficient (Wildman–Crippen LogP) is 4.92. The molecule has 38 heavy (non-hydrogen) atoms. The number of ketones is 1. The molecule has 8 nitrogen and oxygen atoms in total. The van der Waals surface area contributed by atoms with E-state index in [1.807, 2.05) is 42.5 Å². The minimum atomic E-state index is -1.57. The zero-order valence-corrected chi connectivity index (χ0v) is 22.7. The van der Waals surface area contributed by atoms with Crippen molar-refractivity contribution >= 4 is 57.2 Å². The highest BCUT2D eigenvalue weighted by Gasteiger charge is 2.61. The van der Waals surface area contributed by atoms with E-state index >= 15 is 0 Å². The molecule has 0 fully saturated rings. The van der Waals surface area contributed by atoms with Gasteiger partial charge in [0, 0.05) is 46.8 Å². The van der Waals surface area contributed by atoms with Crippen LogP contribution in [0.2, 0.25) is 5.02 Å². The number of aromatic nitrogens is 2. The van der Waals surface area contributed by atoms with Gasteiger partial charge in [-0.15, -0.1) is 10.2 Å². The summed E-state index contributed by atoms with van der Waals surface area (Å²) in [6.45, 7) is 0. The molecular weight excluding hydrogens is 540 g/mol. The molecule has 1 aliphatic carbocycles. The van der Waals surface area contributed by atoms with Crippen molar-refractivity contribution in [3.8, 4) is 6.07 Å². The summed E-state index contributed by atoms with van der Waals surface area (Å²) in [4.78, 5) is 30.8. The lowest BCUT2D eigenvalue weighted by Gasteiger charge is -2.42. The second-order valence-electron chi connectivity index (χ2n) is 9.17. The average molecular weight is 561 g/mol. The van der Waals surface area contributed by atoms with Crippen LogP contribution in [-0.2, 0) is 20.8 Å². The molecule has 0 saturated heterocycles. The molecule has 1 atom stereocenters. The number of amides is 1. The van der Waals surface area contributed by atoms with Crippen molar-refractivity contribution in [1.29, 1.82) is 5.26 Å². The third kappa shape index (κ3) is 3.42. The molecule has 0 unspecified atom stereocenters. The van der Waals surface area contributed by atoms with Crippen LogP contribution in [0.3, 0.4) is 0 Å². The smallest absolute Gasteiger partial charge is 0.247 e. The van der Waals surface area contributed by atoms with E-state index in [2.05, 4.69) is 16.3 Å². The number of allylic oxidation sites excluding steroid dienone is 1.